The molecule has 1 saturated carbocycles. The number of halogens is 1. The molecule has 2 fully saturated rings. The Morgan fingerprint density at radius 2 is 1.81 bits per heavy atom. The van der Waals surface area contributed by atoms with Crippen LogP contribution in [0.1, 0.15) is 31.2 Å². The fourth-order valence-corrected chi connectivity index (χ4v) is 6.47. The molecule has 1 aromatic heterocycles. The summed E-state index contributed by atoms with van der Waals surface area (Å²) in [6.07, 6.45) is 6.70. The molecule has 0 amide bonds. The Kier molecular flexibility index (Phi) is 5.54. The number of hydrogen-bond acceptors (Lipinski definition) is 5. The highest BCUT2D eigenvalue weighted by Crippen LogP contribution is 2.35. The van der Waals surface area contributed by atoms with Crippen molar-refractivity contribution >= 4 is 38.1 Å². The fourth-order valence-electron chi connectivity index (χ4n) is 4.36. The Morgan fingerprint density at radius 3 is 2.53 bits per heavy atom. The summed E-state index contributed by atoms with van der Waals surface area (Å²) in [6.45, 7) is 1.10. The van der Waals surface area contributed by atoms with Gasteiger partial charge in [0.15, 0.2) is 0 Å². The minimum atomic E-state index is -3.12. The maximum absolute atomic E-state index is 12.5. The summed E-state index contributed by atoms with van der Waals surface area (Å²) in [4.78, 5) is 4.29. The molecule has 1 aliphatic heterocycles. The minimum Gasteiger partial charge on any atom is -0.382 e. The van der Waals surface area contributed by atoms with Crippen molar-refractivity contribution in [3.8, 4) is 17.2 Å². The van der Waals surface area contributed by atoms with E-state index >= 15 is 0 Å². The van der Waals surface area contributed by atoms with Crippen molar-refractivity contribution in [3.63, 3.8) is 0 Å². The molecule has 32 heavy (non-hydrogen) atoms. The lowest BCUT2D eigenvalue weighted by Crippen LogP contribution is -2.43. The molecule has 5 rings (SSSR count). The molecule has 6 nitrogen and oxygen atoms in total. The number of benzene rings is 2. The molecule has 3 aromatic rings. The van der Waals surface area contributed by atoms with E-state index in [1.54, 1.807) is 16.6 Å². The molecule has 8 heteroatoms. The summed E-state index contributed by atoms with van der Waals surface area (Å²) < 4.78 is 26.7. The van der Waals surface area contributed by atoms with Gasteiger partial charge in [0.1, 0.15) is 0 Å². The van der Waals surface area contributed by atoms with E-state index in [0.717, 1.165) is 53.3 Å². The zero-order valence-corrected chi connectivity index (χ0v) is 19.0. The van der Waals surface area contributed by atoms with Crippen LogP contribution in [0.4, 0.5) is 5.69 Å². The molecule has 0 atom stereocenters. The average molecular weight is 467 g/mol. The number of fused-ring (bicyclic) bond motifs is 1. The van der Waals surface area contributed by atoms with Crippen molar-refractivity contribution in [2.75, 3.05) is 18.4 Å². The van der Waals surface area contributed by atoms with Gasteiger partial charge >= 0.3 is 0 Å². The standard InChI is InChI=1S/C24H23ClN4O2S/c25-20-10-16(14-26)9-18(12-20)19-11-17-3-6-27-15-23(17)24(13-19)28-21-4-7-29(8-5-21)32(30,31)22-1-2-22/h3,6,9-13,15,21-22,28H,1-2,4-5,7-8H2. The molecule has 0 bridgehead atoms. The summed E-state index contributed by atoms with van der Waals surface area (Å²) in [7, 11) is -3.12. The second-order valence-corrected chi connectivity index (χ2v) is 11.2. The predicted octanol–water partition coefficient (Wildman–Crippen LogP) is 4.80. The molecule has 2 aromatic carbocycles. The Bertz CT molecular complexity index is 1320. The van der Waals surface area contributed by atoms with Gasteiger partial charge in [-0.3, -0.25) is 4.98 Å². The Labute approximate surface area is 192 Å². The first-order valence-corrected chi connectivity index (χ1v) is 12.7. The van der Waals surface area contributed by atoms with Crippen LogP contribution in [0.15, 0.2) is 48.8 Å². The third-order valence-electron chi connectivity index (χ3n) is 6.24. The van der Waals surface area contributed by atoms with Crippen LogP contribution < -0.4 is 5.32 Å². The molecule has 2 heterocycles. The number of aromatic nitrogens is 1. The topological polar surface area (TPSA) is 86.1 Å². The summed E-state index contributed by atoms with van der Waals surface area (Å²) in [5.74, 6) is 0. The number of nitriles is 1. The average Bonchev–Trinajstić information content (AvgIpc) is 3.65. The number of nitrogens with one attached hydrogen (secondary N) is 1. The summed E-state index contributed by atoms with van der Waals surface area (Å²) >= 11 is 6.24. The summed E-state index contributed by atoms with van der Waals surface area (Å²) in [5.41, 5.74) is 3.30. The highest BCUT2D eigenvalue weighted by atomic mass is 35.5. The Morgan fingerprint density at radius 1 is 1.06 bits per heavy atom. The van der Waals surface area contributed by atoms with Gasteiger partial charge in [0.05, 0.1) is 16.9 Å². The lowest BCUT2D eigenvalue weighted by molar-refractivity contribution is 0.329. The first-order chi connectivity index (χ1) is 15.4. The quantitative estimate of drug-likeness (QED) is 0.583. The fraction of sp³-hybridized carbons (Fsp3) is 0.333. The molecule has 1 saturated heterocycles. The molecule has 0 unspecified atom stereocenters. The number of nitrogens with zero attached hydrogens (tertiary/aromatic N) is 3. The van der Waals surface area contributed by atoms with Gasteiger partial charge in [-0.2, -0.15) is 5.26 Å². The highest BCUT2D eigenvalue weighted by Gasteiger charge is 2.41. The maximum Gasteiger partial charge on any atom is 0.216 e. The van der Waals surface area contributed by atoms with E-state index in [4.69, 9.17) is 11.6 Å². The number of sulfonamides is 1. The smallest absolute Gasteiger partial charge is 0.216 e. The lowest BCUT2D eigenvalue weighted by Gasteiger charge is -2.32. The summed E-state index contributed by atoms with van der Waals surface area (Å²) in [5, 5.41) is 15.4. The zero-order chi connectivity index (χ0) is 22.3. The number of anilines is 1. The van der Waals surface area contributed by atoms with Crippen LogP contribution in [0.25, 0.3) is 21.9 Å². The van der Waals surface area contributed by atoms with Gasteiger partial charge in [0.25, 0.3) is 0 Å². The van der Waals surface area contributed by atoms with Crippen molar-refractivity contribution < 1.29 is 8.42 Å². The van der Waals surface area contributed by atoms with Gasteiger partial charge in [0.2, 0.25) is 10.0 Å². The van der Waals surface area contributed by atoms with Gasteiger partial charge in [-0.15, -0.1) is 0 Å². The van der Waals surface area contributed by atoms with Gasteiger partial charge in [-0.25, -0.2) is 12.7 Å². The monoisotopic (exact) mass is 466 g/mol. The van der Waals surface area contributed by atoms with Crippen LogP contribution in [-0.2, 0) is 10.0 Å². The Hall–Kier alpha value is -2.66. The van der Waals surface area contributed by atoms with Crippen LogP contribution in [0.2, 0.25) is 5.02 Å². The second kappa shape index (κ2) is 8.36. The number of hydrogen-bond donors (Lipinski definition) is 1. The van der Waals surface area contributed by atoms with Crippen LogP contribution in [0.5, 0.6) is 0 Å². The SMILES string of the molecule is N#Cc1cc(Cl)cc(-c2cc(NC3CCN(S(=O)(=O)C4CC4)CC3)c3cnccc3c2)c1. The molecular weight excluding hydrogens is 444 g/mol. The third kappa shape index (κ3) is 4.18. The first-order valence-electron chi connectivity index (χ1n) is 10.8. The van der Waals surface area contributed by atoms with Crippen molar-refractivity contribution in [3.05, 3.63) is 59.4 Å². The minimum absolute atomic E-state index is 0.158. The summed E-state index contributed by atoms with van der Waals surface area (Å²) in [6, 6.07) is 13.8. The van der Waals surface area contributed by atoms with Crippen LogP contribution in [0.3, 0.4) is 0 Å². The van der Waals surface area contributed by atoms with Crippen LogP contribution >= 0.6 is 11.6 Å². The molecule has 0 radical (unpaired) electrons. The Balaban J connectivity index is 1.43. The van der Waals surface area contributed by atoms with Crippen molar-refractivity contribution in [1.82, 2.24) is 9.29 Å². The molecule has 2 aliphatic rings. The van der Waals surface area contributed by atoms with E-state index in [0.29, 0.717) is 23.7 Å². The van der Waals surface area contributed by atoms with E-state index in [-0.39, 0.29) is 11.3 Å². The lowest BCUT2D eigenvalue weighted by atomic mass is 9.98. The van der Waals surface area contributed by atoms with E-state index in [1.165, 1.54) is 0 Å². The van der Waals surface area contributed by atoms with E-state index in [2.05, 4.69) is 28.5 Å². The van der Waals surface area contributed by atoms with Gasteiger partial charge < -0.3 is 5.32 Å². The number of pyridine rings is 1. The number of piperidine rings is 1. The van der Waals surface area contributed by atoms with Gasteiger partial charge in [-0.05, 0) is 78.6 Å². The number of rotatable bonds is 5. The molecule has 1 N–H and O–H groups in total. The molecule has 164 valence electrons. The third-order valence-corrected chi connectivity index (χ3v) is 8.85. The normalized spacial score (nSPS) is 17.9. The highest BCUT2D eigenvalue weighted by molar-refractivity contribution is 7.90. The van der Waals surface area contributed by atoms with Gasteiger partial charge in [0, 0.05) is 47.6 Å². The van der Waals surface area contributed by atoms with Crippen molar-refractivity contribution in [2.45, 2.75) is 37.0 Å². The maximum atomic E-state index is 12.5. The molecule has 1 aliphatic carbocycles. The second-order valence-electron chi connectivity index (χ2n) is 8.52. The van der Waals surface area contributed by atoms with E-state index in [9.17, 15) is 13.7 Å². The van der Waals surface area contributed by atoms with Gasteiger partial charge in [-0.1, -0.05) is 11.6 Å². The van der Waals surface area contributed by atoms with Crippen LogP contribution in [0, 0.1) is 11.3 Å². The largest absolute Gasteiger partial charge is 0.382 e. The van der Waals surface area contributed by atoms with Crippen molar-refractivity contribution in [2.24, 2.45) is 0 Å². The van der Waals surface area contributed by atoms with Crippen LogP contribution in [-0.4, -0.2) is 42.1 Å². The zero-order valence-electron chi connectivity index (χ0n) is 17.5. The first kappa shape index (κ1) is 21.2. The molecular formula is C24H23ClN4O2S. The van der Waals surface area contributed by atoms with Crippen molar-refractivity contribution in [1.29, 1.82) is 5.26 Å². The predicted molar refractivity (Wildman–Crippen MR) is 127 cm³/mol. The molecule has 0 spiro atoms. The van der Waals surface area contributed by atoms with E-state index in [1.807, 2.05) is 24.4 Å². The van der Waals surface area contributed by atoms with E-state index < -0.39 is 10.0 Å².